The summed E-state index contributed by atoms with van der Waals surface area (Å²) in [5, 5.41) is -4.50. The number of ketones is 2. The molecule has 0 aromatic heterocycles. The molecule has 1 aromatic carbocycles. The number of carbonyl (C=O) groups excluding carboxylic acids is 2. The molecule has 0 radical (unpaired) electrons. The van der Waals surface area contributed by atoms with E-state index in [1.807, 2.05) is 0 Å². The molecule has 168 valence electrons. The second-order valence-corrected chi connectivity index (χ2v) is 7.53. The van der Waals surface area contributed by atoms with Crippen LogP contribution in [-0.2, 0) is 4.79 Å². The number of carbonyl (C=O) groups is 2. The lowest BCUT2D eigenvalue weighted by atomic mass is 9.98. The van der Waals surface area contributed by atoms with Crippen molar-refractivity contribution in [2.75, 3.05) is 0 Å². The summed E-state index contributed by atoms with van der Waals surface area (Å²) in [5.41, 5.74) is -2.01. The zero-order valence-electron chi connectivity index (χ0n) is 15.9. The van der Waals surface area contributed by atoms with Crippen LogP contribution >= 0.6 is 11.8 Å². The summed E-state index contributed by atoms with van der Waals surface area (Å²) in [6.07, 6.45) is -7.45. The highest BCUT2D eigenvalue weighted by atomic mass is 32.2. The van der Waals surface area contributed by atoms with Gasteiger partial charge < -0.3 is 4.74 Å². The number of Topliss-reactive ketones (excluding diaryl/α,β-unsaturated/α-hetero) is 2. The fourth-order valence-corrected chi connectivity index (χ4v) is 3.26. The van der Waals surface area contributed by atoms with Gasteiger partial charge in [0.2, 0.25) is 0 Å². The van der Waals surface area contributed by atoms with Gasteiger partial charge in [-0.1, -0.05) is 30.9 Å². The molecular weight excluding hydrogens is 453 g/mol. The molecule has 3 nitrogen and oxygen atoms in total. The van der Waals surface area contributed by atoms with E-state index in [-0.39, 0.29) is 10.5 Å². The van der Waals surface area contributed by atoms with Gasteiger partial charge in [-0.25, -0.2) is 0 Å². The number of fused-ring (bicyclic) bond motifs is 1. The van der Waals surface area contributed by atoms with Crippen molar-refractivity contribution in [1.29, 1.82) is 0 Å². The van der Waals surface area contributed by atoms with Crippen molar-refractivity contribution >= 4 is 23.3 Å². The number of halogens is 7. The molecule has 0 amide bonds. The van der Waals surface area contributed by atoms with Crippen LogP contribution in [0.3, 0.4) is 0 Å². The molecule has 0 spiro atoms. The number of ether oxygens (including phenoxy) is 1. The van der Waals surface area contributed by atoms with Crippen LogP contribution in [-0.4, -0.2) is 29.1 Å². The molecule has 0 saturated heterocycles. The first kappa shape index (κ1) is 24.7. The second-order valence-electron chi connectivity index (χ2n) is 6.38. The predicted molar refractivity (Wildman–Crippen MR) is 99.5 cm³/mol. The highest BCUT2D eigenvalue weighted by molar-refractivity contribution is 8.00. The Bertz CT molecular complexity index is 962. The highest BCUT2D eigenvalue weighted by Crippen LogP contribution is 2.54. The molecule has 0 unspecified atom stereocenters. The van der Waals surface area contributed by atoms with E-state index in [1.54, 1.807) is 0 Å². The first-order chi connectivity index (χ1) is 14.2. The van der Waals surface area contributed by atoms with Crippen LogP contribution in [0.2, 0.25) is 0 Å². The molecule has 0 atom stereocenters. The van der Waals surface area contributed by atoms with Gasteiger partial charge in [-0.05, 0) is 30.8 Å². The molecule has 0 bridgehead atoms. The molecule has 1 aromatic rings. The van der Waals surface area contributed by atoms with Crippen molar-refractivity contribution in [3.63, 3.8) is 0 Å². The Hall–Kier alpha value is -2.56. The molecule has 0 N–H and O–H groups in total. The molecule has 31 heavy (non-hydrogen) atoms. The number of alkyl halides is 7. The quantitative estimate of drug-likeness (QED) is 0.198. The monoisotopic (exact) mass is 468 g/mol. The van der Waals surface area contributed by atoms with E-state index in [0.717, 1.165) is 37.3 Å². The molecule has 1 heterocycles. The van der Waals surface area contributed by atoms with Crippen molar-refractivity contribution in [2.45, 2.75) is 42.2 Å². The van der Waals surface area contributed by atoms with Crippen molar-refractivity contribution < 1.29 is 45.1 Å². The number of hydrogen-bond acceptors (Lipinski definition) is 4. The molecule has 2 rings (SSSR count). The van der Waals surface area contributed by atoms with Gasteiger partial charge in [-0.3, -0.25) is 9.59 Å². The van der Waals surface area contributed by atoms with Gasteiger partial charge >= 0.3 is 17.5 Å². The zero-order valence-corrected chi connectivity index (χ0v) is 16.7. The van der Waals surface area contributed by atoms with Crippen LogP contribution in [0, 0.1) is 0 Å². The summed E-state index contributed by atoms with van der Waals surface area (Å²) < 4.78 is 96.3. The van der Waals surface area contributed by atoms with Crippen molar-refractivity contribution in [1.82, 2.24) is 0 Å². The maximum Gasteiger partial charge on any atom is 0.475 e. The molecule has 0 saturated carbocycles. The summed E-state index contributed by atoms with van der Waals surface area (Å²) in [6.45, 7) is 4.03. The fraction of sp³-hybridized carbons (Fsp3) is 0.300. The highest BCUT2D eigenvalue weighted by Gasteiger charge is 2.63. The van der Waals surface area contributed by atoms with E-state index in [9.17, 15) is 40.3 Å². The average molecular weight is 468 g/mol. The van der Waals surface area contributed by atoms with Crippen LogP contribution in [0.4, 0.5) is 30.7 Å². The Morgan fingerprint density at radius 1 is 1.16 bits per heavy atom. The lowest BCUT2D eigenvalue weighted by Gasteiger charge is -2.31. The van der Waals surface area contributed by atoms with Crippen LogP contribution < -0.4 is 4.74 Å². The van der Waals surface area contributed by atoms with Gasteiger partial charge in [0.25, 0.3) is 0 Å². The third kappa shape index (κ3) is 5.57. The van der Waals surface area contributed by atoms with Crippen LogP contribution in [0.15, 0.2) is 59.0 Å². The van der Waals surface area contributed by atoms with Gasteiger partial charge in [-0.2, -0.15) is 30.7 Å². The lowest BCUT2D eigenvalue weighted by Crippen LogP contribution is -2.45. The standard InChI is InChI=1S/C20H15F7O3S/c1-3-4-5-13(11(2)18(21,22)23)15(29)8-7-14(28)12-6-9-17-16(10-12)30-19(24,25)20(26,27)31-17/h3-6,9-10H,1,7-8H2,2H3/b5-4-,13-11-. The Morgan fingerprint density at radius 3 is 2.39 bits per heavy atom. The van der Waals surface area contributed by atoms with E-state index < -0.39 is 70.6 Å². The topological polar surface area (TPSA) is 43.4 Å². The summed E-state index contributed by atoms with van der Waals surface area (Å²) in [7, 11) is 0. The van der Waals surface area contributed by atoms with Gasteiger partial charge in [-0.15, -0.1) is 0 Å². The molecule has 0 aliphatic carbocycles. The SMILES string of the molecule is C=C/C=C\C(C(=O)CCC(=O)c1ccc2c(c1)OC(F)(F)C(F)(F)S2)=C(/C)C(F)(F)F. The summed E-state index contributed by atoms with van der Waals surface area (Å²) in [6, 6.07) is 2.90. The van der Waals surface area contributed by atoms with Crippen molar-refractivity contribution in [3.8, 4) is 5.75 Å². The maximum absolute atomic E-state index is 13.4. The number of allylic oxidation sites excluding steroid dienone is 5. The molecule has 11 heteroatoms. The number of thioether (sulfide) groups is 1. The van der Waals surface area contributed by atoms with Gasteiger partial charge in [0.15, 0.2) is 11.6 Å². The average Bonchev–Trinajstić information content (AvgIpc) is 2.65. The lowest BCUT2D eigenvalue weighted by molar-refractivity contribution is -0.273. The molecular formula is C20H15F7O3S. The third-order valence-electron chi connectivity index (χ3n) is 4.19. The largest absolute Gasteiger partial charge is 0.475 e. The number of hydrogen-bond donors (Lipinski definition) is 0. The van der Waals surface area contributed by atoms with Crippen LogP contribution in [0.1, 0.15) is 30.1 Å². The summed E-state index contributed by atoms with van der Waals surface area (Å²) in [4.78, 5) is 24.2. The fourth-order valence-electron chi connectivity index (χ4n) is 2.49. The van der Waals surface area contributed by atoms with Crippen molar-refractivity contribution in [3.05, 3.63) is 59.7 Å². The maximum atomic E-state index is 13.4. The Kier molecular flexibility index (Phi) is 7.09. The first-order valence-electron chi connectivity index (χ1n) is 8.61. The molecule has 0 fully saturated rings. The van der Waals surface area contributed by atoms with Gasteiger partial charge in [0.1, 0.15) is 5.75 Å². The van der Waals surface area contributed by atoms with E-state index in [1.165, 1.54) is 6.08 Å². The van der Waals surface area contributed by atoms with Crippen molar-refractivity contribution in [2.24, 2.45) is 0 Å². The Morgan fingerprint density at radius 2 is 1.81 bits per heavy atom. The number of rotatable bonds is 7. The predicted octanol–water partition coefficient (Wildman–Crippen LogP) is 6.51. The van der Waals surface area contributed by atoms with E-state index in [2.05, 4.69) is 11.3 Å². The van der Waals surface area contributed by atoms with Gasteiger partial charge in [0, 0.05) is 29.6 Å². The Labute approximate surface area is 176 Å². The molecule has 1 aliphatic heterocycles. The van der Waals surface area contributed by atoms with E-state index in [4.69, 9.17) is 0 Å². The second kappa shape index (κ2) is 8.89. The first-order valence-corrected chi connectivity index (χ1v) is 9.42. The van der Waals surface area contributed by atoms with Crippen LogP contribution in [0.25, 0.3) is 0 Å². The van der Waals surface area contributed by atoms with E-state index >= 15 is 0 Å². The minimum Gasteiger partial charge on any atom is -0.426 e. The van der Waals surface area contributed by atoms with Gasteiger partial charge in [0.05, 0.1) is 4.90 Å². The minimum atomic E-state index is -4.80. The summed E-state index contributed by atoms with van der Waals surface area (Å²) in [5.74, 6) is -2.36. The third-order valence-corrected chi connectivity index (χ3v) is 5.24. The Balaban J connectivity index is 2.18. The zero-order chi connectivity index (χ0) is 23.6. The van der Waals surface area contributed by atoms with Crippen LogP contribution in [0.5, 0.6) is 5.75 Å². The number of benzene rings is 1. The smallest absolute Gasteiger partial charge is 0.426 e. The summed E-state index contributed by atoms with van der Waals surface area (Å²) >= 11 is -0.425. The molecule has 1 aliphatic rings. The normalized spacial score (nSPS) is 18.1. The van der Waals surface area contributed by atoms with E-state index in [0.29, 0.717) is 0 Å². The minimum absolute atomic E-state index is 0.215.